The lowest BCUT2D eigenvalue weighted by Gasteiger charge is -2.16. The minimum Gasteiger partial charge on any atom is -0.465 e. The maximum Gasteiger partial charge on any atom is 0.327 e. The molecule has 3 aromatic rings. The topological polar surface area (TPSA) is 99.0 Å². The van der Waals surface area contributed by atoms with Crippen LogP contribution in [0.5, 0.6) is 0 Å². The molecule has 28 heavy (non-hydrogen) atoms. The van der Waals surface area contributed by atoms with Gasteiger partial charge in [0.25, 0.3) is 0 Å². The van der Waals surface area contributed by atoms with Crippen LogP contribution in [-0.4, -0.2) is 44.0 Å². The van der Waals surface area contributed by atoms with Gasteiger partial charge in [-0.2, -0.15) is 5.10 Å². The summed E-state index contributed by atoms with van der Waals surface area (Å²) in [6.07, 6.45) is 3.32. The molecule has 1 aliphatic rings. The number of benzene rings is 1. The molecule has 0 aliphatic carbocycles. The number of hydrogen-bond acceptors (Lipinski definition) is 7. The van der Waals surface area contributed by atoms with Gasteiger partial charge >= 0.3 is 5.97 Å². The lowest BCUT2D eigenvalue weighted by molar-refractivity contribution is -0.144. The molecule has 3 heterocycles. The Labute approximate surface area is 165 Å². The lowest BCUT2D eigenvalue weighted by atomic mass is 10.0. The van der Waals surface area contributed by atoms with Crippen LogP contribution in [0.1, 0.15) is 29.0 Å². The van der Waals surface area contributed by atoms with Gasteiger partial charge in [0.2, 0.25) is 5.91 Å². The Morgan fingerprint density at radius 1 is 1.36 bits per heavy atom. The minimum atomic E-state index is -0.397. The number of amides is 1. The van der Waals surface area contributed by atoms with E-state index in [9.17, 15) is 9.59 Å². The van der Waals surface area contributed by atoms with E-state index in [0.717, 1.165) is 27.9 Å². The highest BCUT2D eigenvalue weighted by molar-refractivity contribution is 8.00. The average Bonchev–Trinajstić information content (AvgIpc) is 2.86. The Morgan fingerprint density at radius 3 is 3.00 bits per heavy atom. The largest absolute Gasteiger partial charge is 0.465 e. The van der Waals surface area contributed by atoms with Crippen LogP contribution in [-0.2, 0) is 20.9 Å². The number of hydrogen-bond donors (Lipinski definition) is 1. The molecule has 1 amide bonds. The summed E-state index contributed by atoms with van der Waals surface area (Å²) in [5, 5.41) is 7.24. The first-order valence-corrected chi connectivity index (χ1v) is 9.97. The molecule has 1 aromatic carbocycles. The summed E-state index contributed by atoms with van der Waals surface area (Å²) in [5.74, 6) is 0.289. The molecule has 4 rings (SSSR count). The zero-order valence-electron chi connectivity index (χ0n) is 15.5. The molecule has 1 unspecified atom stereocenters. The molecule has 144 valence electrons. The van der Waals surface area contributed by atoms with E-state index in [1.165, 1.54) is 16.4 Å². The minimum absolute atomic E-state index is 0.0585. The van der Waals surface area contributed by atoms with Crippen molar-refractivity contribution in [1.29, 1.82) is 0 Å². The molecular weight excluding hydrogens is 378 g/mol. The van der Waals surface area contributed by atoms with Gasteiger partial charge in [0.1, 0.15) is 12.4 Å². The van der Waals surface area contributed by atoms with Crippen LogP contribution in [0.4, 0.5) is 5.82 Å². The number of nitrogens with one attached hydrogen (secondary N) is 1. The van der Waals surface area contributed by atoms with Crippen molar-refractivity contribution >= 4 is 40.5 Å². The standard InChI is InChI=1S/C19H19N5O3S/c1-3-27-15(26)9-24-19-16(11(2)23-24)18(28-10-14(25)22-19)12-5-4-6-13-17(12)21-8-7-20-13/h4-8,18H,3,9-10H2,1-2H3,(H,22,25). The van der Waals surface area contributed by atoms with Gasteiger partial charge in [0.05, 0.1) is 34.3 Å². The van der Waals surface area contributed by atoms with E-state index in [1.54, 1.807) is 19.3 Å². The van der Waals surface area contributed by atoms with Crippen molar-refractivity contribution in [2.75, 3.05) is 17.7 Å². The van der Waals surface area contributed by atoms with Crippen LogP contribution in [0.2, 0.25) is 0 Å². The first kappa shape index (κ1) is 18.4. The quantitative estimate of drug-likeness (QED) is 0.675. The third-order valence-electron chi connectivity index (χ3n) is 4.47. The van der Waals surface area contributed by atoms with Gasteiger partial charge in [0.15, 0.2) is 0 Å². The van der Waals surface area contributed by atoms with Crippen molar-refractivity contribution in [2.24, 2.45) is 0 Å². The van der Waals surface area contributed by atoms with Gasteiger partial charge < -0.3 is 10.1 Å². The fraction of sp³-hybridized carbons (Fsp3) is 0.316. The number of aromatic nitrogens is 4. The monoisotopic (exact) mass is 397 g/mol. The van der Waals surface area contributed by atoms with E-state index in [1.807, 2.05) is 25.1 Å². The van der Waals surface area contributed by atoms with Crippen LogP contribution < -0.4 is 5.32 Å². The van der Waals surface area contributed by atoms with Gasteiger partial charge in [-0.25, -0.2) is 4.68 Å². The van der Waals surface area contributed by atoms with Crippen molar-refractivity contribution in [3.63, 3.8) is 0 Å². The smallest absolute Gasteiger partial charge is 0.327 e. The van der Waals surface area contributed by atoms with Gasteiger partial charge in [-0.15, -0.1) is 11.8 Å². The summed E-state index contributed by atoms with van der Waals surface area (Å²) in [6.45, 7) is 3.86. The molecule has 1 atom stereocenters. The van der Waals surface area contributed by atoms with E-state index < -0.39 is 5.97 Å². The highest BCUT2D eigenvalue weighted by Gasteiger charge is 2.31. The number of fused-ring (bicyclic) bond motifs is 2. The van der Waals surface area contributed by atoms with Crippen LogP contribution in [0.25, 0.3) is 11.0 Å². The molecule has 1 aliphatic heterocycles. The van der Waals surface area contributed by atoms with Gasteiger partial charge in [-0.05, 0) is 25.5 Å². The Kier molecular flexibility index (Phi) is 4.99. The molecule has 0 radical (unpaired) electrons. The van der Waals surface area contributed by atoms with Crippen molar-refractivity contribution < 1.29 is 14.3 Å². The molecule has 0 fully saturated rings. The van der Waals surface area contributed by atoms with Crippen LogP contribution in [0, 0.1) is 6.92 Å². The summed E-state index contributed by atoms with van der Waals surface area (Å²) in [7, 11) is 0. The molecule has 0 spiro atoms. The van der Waals surface area contributed by atoms with Crippen molar-refractivity contribution in [3.8, 4) is 0 Å². The molecule has 8 nitrogen and oxygen atoms in total. The first-order chi connectivity index (χ1) is 13.6. The summed E-state index contributed by atoms with van der Waals surface area (Å²) >= 11 is 1.51. The third kappa shape index (κ3) is 3.33. The summed E-state index contributed by atoms with van der Waals surface area (Å²) in [5.41, 5.74) is 4.17. The number of carbonyl (C=O) groups excluding carboxylic acids is 2. The van der Waals surface area contributed by atoms with E-state index in [4.69, 9.17) is 4.74 Å². The van der Waals surface area contributed by atoms with Gasteiger partial charge in [-0.1, -0.05) is 12.1 Å². The summed E-state index contributed by atoms with van der Waals surface area (Å²) < 4.78 is 6.55. The van der Waals surface area contributed by atoms with Crippen LogP contribution in [0.3, 0.4) is 0 Å². The van der Waals surface area contributed by atoms with E-state index in [0.29, 0.717) is 12.4 Å². The van der Waals surface area contributed by atoms with Crippen molar-refractivity contribution in [1.82, 2.24) is 19.7 Å². The van der Waals surface area contributed by atoms with E-state index in [-0.39, 0.29) is 23.5 Å². The predicted octanol–water partition coefficient (Wildman–Crippen LogP) is 2.47. The fourth-order valence-electron chi connectivity index (χ4n) is 3.37. The predicted molar refractivity (Wildman–Crippen MR) is 106 cm³/mol. The number of aryl methyl sites for hydroxylation is 1. The fourth-order valence-corrected chi connectivity index (χ4v) is 4.58. The number of nitrogens with zero attached hydrogens (tertiary/aromatic N) is 4. The third-order valence-corrected chi connectivity index (χ3v) is 5.72. The average molecular weight is 397 g/mol. The molecule has 0 saturated carbocycles. The number of para-hydroxylation sites is 1. The van der Waals surface area contributed by atoms with E-state index in [2.05, 4.69) is 20.4 Å². The van der Waals surface area contributed by atoms with Gasteiger partial charge in [0, 0.05) is 18.0 Å². The molecule has 0 bridgehead atoms. The first-order valence-electron chi connectivity index (χ1n) is 8.92. The van der Waals surface area contributed by atoms with Crippen LogP contribution in [0.15, 0.2) is 30.6 Å². The number of thioether (sulfide) groups is 1. The normalized spacial score (nSPS) is 16.4. The number of esters is 1. The van der Waals surface area contributed by atoms with Crippen molar-refractivity contribution in [3.05, 3.63) is 47.4 Å². The van der Waals surface area contributed by atoms with Crippen molar-refractivity contribution in [2.45, 2.75) is 25.6 Å². The molecule has 9 heteroatoms. The second-order valence-corrected chi connectivity index (χ2v) is 7.41. The summed E-state index contributed by atoms with van der Waals surface area (Å²) in [4.78, 5) is 33.2. The Morgan fingerprint density at radius 2 is 2.18 bits per heavy atom. The molecule has 2 aromatic heterocycles. The zero-order chi connectivity index (χ0) is 19.7. The van der Waals surface area contributed by atoms with Gasteiger partial charge in [-0.3, -0.25) is 19.6 Å². The lowest BCUT2D eigenvalue weighted by Crippen LogP contribution is -2.20. The second-order valence-electron chi connectivity index (χ2n) is 6.32. The van der Waals surface area contributed by atoms with Crippen LogP contribution >= 0.6 is 11.8 Å². The molecule has 0 saturated heterocycles. The van der Waals surface area contributed by atoms with E-state index >= 15 is 0 Å². The number of carbonyl (C=O) groups is 2. The molecular formula is C19H19N5O3S. The maximum absolute atomic E-state index is 12.3. The molecule has 1 N–H and O–H groups in total. The highest BCUT2D eigenvalue weighted by atomic mass is 32.2. The highest BCUT2D eigenvalue weighted by Crippen LogP contribution is 2.44. The Hall–Kier alpha value is -2.94. The number of rotatable bonds is 4. The zero-order valence-corrected chi connectivity index (χ0v) is 16.3. The Balaban J connectivity index is 1.84. The number of ether oxygens (including phenoxy) is 1. The second kappa shape index (κ2) is 7.59. The maximum atomic E-state index is 12.3. The summed E-state index contributed by atoms with van der Waals surface area (Å²) in [6, 6.07) is 5.84. The SMILES string of the molecule is CCOC(=O)Cn1nc(C)c2c1NC(=O)CSC2c1cccc2nccnc12. The Bertz CT molecular complexity index is 1060. The number of anilines is 1.